The summed E-state index contributed by atoms with van der Waals surface area (Å²) in [6.45, 7) is 7.83. The summed E-state index contributed by atoms with van der Waals surface area (Å²) in [5.74, 6) is 0.173. The summed E-state index contributed by atoms with van der Waals surface area (Å²) in [5, 5.41) is 12.3. The number of rotatable bonds is 4. The maximum Gasteiger partial charge on any atom is 0.267 e. The van der Waals surface area contributed by atoms with Gasteiger partial charge < -0.3 is 15.0 Å². The van der Waals surface area contributed by atoms with Gasteiger partial charge in [0.1, 0.15) is 17.4 Å². The molecule has 3 rings (SSSR count). The lowest BCUT2D eigenvalue weighted by Gasteiger charge is -2.39. The normalized spacial score (nSPS) is 27.0. The molecule has 1 amide bonds. The fraction of sp³-hybridized carbons (Fsp3) is 0.524. The van der Waals surface area contributed by atoms with Gasteiger partial charge in [0.25, 0.3) is 5.91 Å². The van der Waals surface area contributed by atoms with E-state index in [4.69, 9.17) is 4.74 Å². The summed E-state index contributed by atoms with van der Waals surface area (Å²) in [6.07, 6.45) is 5.14. The average molecular weight is 353 g/mol. The zero-order valence-corrected chi connectivity index (χ0v) is 16.0. The maximum atomic E-state index is 12.6. The Balaban J connectivity index is 1.79. The Kier molecular flexibility index (Phi) is 4.70. The van der Waals surface area contributed by atoms with Crippen LogP contribution in [0, 0.1) is 22.2 Å². The Morgan fingerprint density at radius 1 is 1.35 bits per heavy atom. The van der Waals surface area contributed by atoms with Crippen molar-refractivity contribution in [2.45, 2.75) is 46.1 Å². The van der Waals surface area contributed by atoms with Crippen molar-refractivity contribution in [2.75, 3.05) is 19.0 Å². The molecule has 138 valence electrons. The van der Waals surface area contributed by atoms with Crippen LogP contribution in [-0.4, -0.2) is 30.5 Å². The molecule has 1 aromatic carbocycles. The Bertz CT molecular complexity index is 778. The first-order chi connectivity index (χ1) is 12.3. The zero-order chi connectivity index (χ0) is 18.9. The van der Waals surface area contributed by atoms with Gasteiger partial charge in [0.05, 0.1) is 12.8 Å². The molecule has 2 bridgehead atoms. The molecule has 26 heavy (non-hydrogen) atoms. The van der Waals surface area contributed by atoms with Gasteiger partial charge in [0.15, 0.2) is 0 Å². The van der Waals surface area contributed by atoms with E-state index in [-0.39, 0.29) is 11.0 Å². The van der Waals surface area contributed by atoms with Crippen LogP contribution in [-0.2, 0) is 4.79 Å². The minimum atomic E-state index is -0.400. The number of nitrogens with one attached hydrogen (secondary N) is 1. The van der Waals surface area contributed by atoms with Gasteiger partial charge in [0, 0.05) is 18.8 Å². The highest BCUT2D eigenvalue weighted by Gasteiger charge is 2.48. The second-order valence-corrected chi connectivity index (χ2v) is 8.70. The number of para-hydroxylation sites is 2. The van der Waals surface area contributed by atoms with Crippen molar-refractivity contribution < 1.29 is 9.53 Å². The third kappa shape index (κ3) is 3.70. The second-order valence-electron chi connectivity index (χ2n) is 8.70. The summed E-state index contributed by atoms with van der Waals surface area (Å²) in [6, 6.07) is 9.65. The number of nitrogens with zero attached hydrogens (tertiary/aromatic N) is 2. The molecule has 1 saturated carbocycles. The molecule has 1 saturated heterocycles. The molecule has 5 heteroatoms. The molecule has 0 aromatic heterocycles. The van der Waals surface area contributed by atoms with Gasteiger partial charge in [-0.1, -0.05) is 32.9 Å². The molecule has 2 atom stereocenters. The molecule has 0 radical (unpaired) electrons. The van der Waals surface area contributed by atoms with Crippen LogP contribution in [0.4, 0.5) is 5.69 Å². The van der Waals surface area contributed by atoms with Crippen LogP contribution in [0.3, 0.4) is 0 Å². The third-order valence-corrected chi connectivity index (χ3v) is 5.47. The van der Waals surface area contributed by atoms with E-state index in [1.807, 2.05) is 12.1 Å². The molecular weight excluding hydrogens is 326 g/mol. The van der Waals surface area contributed by atoms with E-state index >= 15 is 0 Å². The molecule has 1 N–H and O–H groups in total. The van der Waals surface area contributed by atoms with Crippen molar-refractivity contribution in [3.8, 4) is 11.8 Å². The minimum absolute atomic E-state index is 0.130. The van der Waals surface area contributed by atoms with Gasteiger partial charge in [-0.05, 0) is 42.2 Å². The average Bonchev–Trinajstić information content (AvgIpc) is 2.81. The van der Waals surface area contributed by atoms with Crippen molar-refractivity contribution in [1.29, 1.82) is 5.26 Å². The third-order valence-electron chi connectivity index (χ3n) is 5.47. The van der Waals surface area contributed by atoms with Crippen molar-refractivity contribution >= 4 is 11.6 Å². The first-order valence-electron chi connectivity index (χ1n) is 9.07. The number of carbonyl (C=O) groups excluding carboxylic acids is 1. The Hall–Kier alpha value is -2.48. The van der Waals surface area contributed by atoms with Crippen molar-refractivity contribution in [1.82, 2.24) is 4.90 Å². The van der Waals surface area contributed by atoms with Crippen LogP contribution >= 0.6 is 0 Å². The molecule has 1 aliphatic carbocycles. The highest BCUT2D eigenvalue weighted by Crippen LogP contribution is 2.52. The Morgan fingerprint density at radius 2 is 2.08 bits per heavy atom. The van der Waals surface area contributed by atoms with Crippen LogP contribution < -0.4 is 10.1 Å². The number of anilines is 1. The van der Waals surface area contributed by atoms with Gasteiger partial charge in [-0.25, -0.2) is 0 Å². The van der Waals surface area contributed by atoms with E-state index in [9.17, 15) is 10.1 Å². The topological polar surface area (TPSA) is 65.4 Å². The SMILES string of the molecule is COc1ccccc1NC(=O)/C(C#N)=C\N1CC2(C)CC1CC(C)(C)C2. The number of ether oxygens (including phenoxy) is 1. The fourth-order valence-electron chi connectivity index (χ4n) is 4.90. The largest absolute Gasteiger partial charge is 0.495 e. The molecule has 2 unspecified atom stereocenters. The highest BCUT2D eigenvalue weighted by molar-refractivity contribution is 6.07. The highest BCUT2D eigenvalue weighted by atomic mass is 16.5. The molecule has 1 aliphatic heterocycles. The zero-order valence-electron chi connectivity index (χ0n) is 16.0. The number of hydrogen-bond acceptors (Lipinski definition) is 4. The molecule has 2 aliphatic rings. The molecule has 1 heterocycles. The van der Waals surface area contributed by atoms with Crippen molar-refractivity contribution in [3.63, 3.8) is 0 Å². The lowest BCUT2D eigenvalue weighted by atomic mass is 9.65. The second kappa shape index (κ2) is 6.68. The summed E-state index contributed by atoms with van der Waals surface area (Å²) in [7, 11) is 1.55. The van der Waals surface area contributed by atoms with E-state index in [0.29, 0.717) is 22.9 Å². The first-order valence-corrected chi connectivity index (χ1v) is 9.07. The Labute approximate surface area is 155 Å². The monoisotopic (exact) mass is 353 g/mol. The predicted molar refractivity (Wildman–Crippen MR) is 102 cm³/mol. The van der Waals surface area contributed by atoms with E-state index in [0.717, 1.165) is 19.4 Å². The lowest BCUT2D eigenvalue weighted by molar-refractivity contribution is -0.112. The predicted octanol–water partition coefficient (Wildman–Crippen LogP) is 3.94. The molecule has 1 aromatic rings. The number of benzene rings is 1. The molecule has 0 spiro atoms. The van der Waals surface area contributed by atoms with E-state index in [2.05, 4.69) is 37.1 Å². The summed E-state index contributed by atoms with van der Waals surface area (Å²) >= 11 is 0. The number of fused-ring (bicyclic) bond motifs is 2. The van der Waals surface area contributed by atoms with Crippen LogP contribution in [0.15, 0.2) is 36.0 Å². The van der Waals surface area contributed by atoms with E-state index in [1.165, 1.54) is 6.42 Å². The first kappa shape index (κ1) is 18.3. The van der Waals surface area contributed by atoms with Gasteiger partial charge >= 0.3 is 0 Å². The van der Waals surface area contributed by atoms with Gasteiger partial charge in [-0.15, -0.1) is 0 Å². The van der Waals surface area contributed by atoms with Gasteiger partial charge in [0.2, 0.25) is 0 Å². The lowest BCUT2D eigenvalue weighted by Crippen LogP contribution is -2.33. The molecular formula is C21H27N3O2. The number of hydrogen-bond donors (Lipinski definition) is 1. The summed E-state index contributed by atoms with van der Waals surface area (Å²) in [5.41, 5.74) is 1.24. The van der Waals surface area contributed by atoms with Crippen LogP contribution in [0.5, 0.6) is 5.75 Å². The van der Waals surface area contributed by atoms with Crippen LogP contribution in [0.1, 0.15) is 40.0 Å². The molecule has 2 fully saturated rings. The van der Waals surface area contributed by atoms with Crippen molar-refractivity contribution in [2.24, 2.45) is 10.8 Å². The fourth-order valence-corrected chi connectivity index (χ4v) is 4.90. The number of methoxy groups -OCH3 is 1. The van der Waals surface area contributed by atoms with E-state index < -0.39 is 5.91 Å². The number of nitriles is 1. The minimum Gasteiger partial charge on any atom is -0.495 e. The van der Waals surface area contributed by atoms with Crippen molar-refractivity contribution in [3.05, 3.63) is 36.0 Å². The standard InChI is InChI=1S/C21H27N3O2/c1-20(2)9-16-10-21(3,13-20)14-24(16)12-15(11-22)19(25)23-17-7-5-6-8-18(17)26-4/h5-8,12,16H,9-10,13-14H2,1-4H3,(H,23,25)/b15-12-. The number of amides is 1. The summed E-state index contributed by atoms with van der Waals surface area (Å²) < 4.78 is 5.26. The van der Waals surface area contributed by atoms with Gasteiger partial charge in [-0.3, -0.25) is 4.79 Å². The summed E-state index contributed by atoms with van der Waals surface area (Å²) in [4.78, 5) is 14.8. The smallest absolute Gasteiger partial charge is 0.267 e. The number of likely N-dealkylation sites (tertiary alicyclic amines) is 1. The molecule has 5 nitrogen and oxygen atoms in total. The van der Waals surface area contributed by atoms with Crippen LogP contribution in [0.25, 0.3) is 0 Å². The van der Waals surface area contributed by atoms with E-state index in [1.54, 1.807) is 25.4 Å². The van der Waals surface area contributed by atoms with Gasteiger partial charge in [-0.2, -0.15) is 5.26 Å². The number of carbonyl (C=O) groups is 1. The Morgan fingerprint density at radius 3 is 2.77 bits per heavy atom. The van der Waals surface area contributed by atoms with Crippen LogP contribution in [0.2, 0.25) is 0 Å². The maximum absolute atomic E-state index is 12.6. The quantitative estimate of drug-likeness (QED) is 0.658.